The molecule has 2 aromatic carbocycles. The molecule has 3 rings (SSSR count). The van der Waals surface area contributed by atoms with Gasteiger partial charge >= 0.3 is 0 Å². The van der Waals surface area contributed by atoms with Crippen molar-refractivity contribution in [3.8, 4) is 5.75 Å². The zero-order valence-corrected chi connectivity index (χ0v) is 16.7. The van der Waals surface area contributed by atoms with E-state index in [4.69, 9.17) is 17.0 Å². The van der Waals surface area contributed by atoms with E-state index in [0.717, 1.165) is 29.0 Å². The first-order valence-electron chi connectivity index (χ1n) is 8.59. The predicted octanol–water partition coefficient (Wildman–Crippen LogP) is 5.58. The van der Waals surface area contributed by atoms with Crippen molar-refractivity contribution in [3.63, 3.8) is 0 Å². The van der Waals surface area contributed by atoms with Gasteiger partial charge in [-0.25, -0.2) is 0 Å². The van der Waals surface area contributed by atoms with Crippen molar-refractivity contribution >= 4 is 46.0 Å². The summed E-state index contributed by atoms with van der Waals surface area (Å²) in [6, 6.07) is 15.6. The third kappa shape index (κ3) is 4.17. The van der Waals surface area contributed by atoms with Gasteiger partial charge in [-0.05, 0) is 61.7 Å². The van der Waals surface area contributed by atoms with Crippen LogP contribution in [0.5, 0.6) is 5.75 Å². The van der Waals surface area contributed by atoms with Gasteiger partial charge in [0.2, 0.25) is 0 Å². The van der Waals surface area contributed by atoms with E-state index >= 15 is 0 Å². The molecular weight excluding hydrogens is 362 g/mol. The summed E-state index contributed by atoms with van der Waals surface area (Å²) >= 11 is 6.76. The van der Waals surface area contributed by atoms with Gasteiger partial charge in [-0.3, -0.25) is 9.69 Å². The number of aryl methyl sites for hydroxylation is 1. The van der Waals surface area contributed by atoms with Crippen LogP contribution in [0.4, 0.5) is 5.69 Å². The predicted molar refractivity (Wildman–Crippen MR) is 114 cm³/mol. The Hall–Kier alpha value is -2.11. The molecule has 0 spiro atoms. The van der Waals surface area contributed by atoms with Gasteiger partial charge in [0.25, 0.3) is 5.91 Å². The van der Waals surface area contributed by atoms with Crippen molar-refractivity contribution in [1.29, 1.82) is 0 Å². The lowest BCUT2D eigenvalue weighted by molar-refractivity contribution is -0.113. The molecule has 26 heavy (non-hydrogen) atoms. The number of carbonyl (C=O) groups excluding carboxylic acids is 1. The van der Waals surface area contributed by atoms with Crippen LogP contribution in [0.1, 0.15) is 31.4 Å². The highest BCUT2D eigenvalue weighted by molar-refractivity contribution is 8.27. The maximum atomic E-state index is 12.8. The number of thiocarbonyl (C=S) groups is 1. The maximum absolute atomic E-state index is 12.8. The number of carbonyl (C=O) groups is 1. The second kappa shape index (κ2) is 8.06. The molecule has 3 nitrogen and oxygen atoms in total. The lowest BCUT2D eigenvalue weighted by atomic mass is 10.2. The summed E-state index contributed by atoms with van der Waals surface area (Å²) in [6.45, 7) is 6.14. The third-order valence-corrected chi connectivity index (χ3v) is 5.45. The maximum Gasteiger partial charge on any atom is 0.270 e. The highest BCUT2D eigenvalue weighted by atomic mass is 32.2. The fourth-order valence-corrected chi connectivity index (χ4v) is 3.87. The average molecular weight is 384 g/mol. The van der Waals surface area contributed by atoms with Crippen molar-refractivity contribution in [2.45, 2.75) is 33.3 Å². The van der Waals surface area contributed by atoms with Crippen molar-refractivity contribution in [3.05, 3.63) is 64.6 Å². The first-order valence-corrected chi connectivity index (χ1v) is 9.81. The largest absolute Gasteiger partial charge is 0.491 e. The number of anilines is 1. The Morgan fingerprint density at radius 2 is 1.96 bits per heavy atom. The molecule has 0 radical (unpaired) electrons. The number of hydrogen-bond acceptors (Lipinski definition) is 4. The Kier molecular flexibility index (Phi) is 5.79. The molecular formula is C21H21NO2S2. The minimum absolute atomic E-state index is 0.0782. The van der Waals surface area contributed by atoms with Gasteiger partial charge in [-0.2, -0.15) is 0 Å². The van der Waals surface area contributed by atoms with E-state index in [0.29, 0.717) is 9.23 Å². The molecule has 134 valence electrons. The highest BCUT2D eigenvalue weighted by Gasteiger charge is 2.33. The number of thioether (sulfide) groups is 1. The van der Waals surface area contributed by atoms with Gasteiger partial charge in [-0.1, -0.05) is 55.2 Å². The fraction of sp³-hybridized carbons (Fsp3) is 0.238. The summed E-state index contributed by atoms with van der Waals surface area (Å²) in [5, 5.41) is 0. The second-order valence-corrected chi connectivity index (χ2v) is 7.94. The van der Waals surface area contributed by atoms with Crippen molar-refractivity contribution in [2.75, 3.05) is 4.90 Å². The number of nitrogens with zero attached hydrogens (tertiary/aromatic N) is 1. The number of rotatable bonds is 5. The molecule has 1 aliphatic heterocycles. The van der Waals surface area contributed by atoms with Gasteiger partial charge in [0.1, 0.15) is 5.75 Å². The number of ether oxygens (including phenoxy) is 1. The summed E-state index contributed by atoms with van der Waals surface area (Å²) < 4.78 is 6.35. The molecule has 0 aliphatic carbocycles. The van der Waals surface area contributed by atoms with Gasteiger partial charge in [0.15, 0.2) is 4.32 Å². The summed E-state index contributed by atoms with van der Waals surface area (Å²) in [6.07, 6.45) is 3.03. The minimum atomic E-state index is -0.0782. The normalized spacial score (nSPS) is 17.0. The lowest BCUT2D eigenvalue weighted by Gasteiger charge is -2.14. The molecule has 2 aromatic rings. The zero-order valence-electron chi connectivity index (χ0n) is 15.1. The smallest absolute Gasteiger partial charge is 0.270 e. The Morgan fingerprint density at radius 1 is 1.23 bits per heavy atom. The standard InChI is InChI=1S/C21H21NO2S2/c1-4-15(3)24-18-10-8-16(9-11-18)13-19-20(23)22(21(25)26-19)17-7-5-6-14(2)12-17/h5-13,15H,4H2,1-3H3/b19-13+/t15-/m0/s1. The molecule has 5 heteroatoms. The van der Waals surface area contributed by atoms with Crippen molar-refractivity contribution < 1.29 is 9.53 Å². The van der Waals surface area contributed by atoms with E-state index in [1.165, 1.54) is 11.8 Å². The van der Waals surface area contributed by atoms with Crippen LogP contribution in [0.2, 0.25) is 0 Å². The Labute approximate surface area is 164 Å². The van der Waals surface area contributed by atoms with E-state index in [1.807, 2.05) is 68.5 Å². The summed E-state index contributed by atoms with van der Waals surface area (Å²) in [5.41, 5.74) is 2.86. The van der Waals surface area contributed by atoms with Crippen LogP contribution in [0.15, 0.2) is 53.4 Å². The summed E-state index contributed by atoms with van der Waals surface area (Å²) in [5.74, 6) is 0.759. The Morgan fingerprint density at radius 3 is 2.62 bits per heavy atom. The minimum Gasteiger partial charge on any atom is -0.491 e. The van der Waals surface area contributed by atoms with Gasteiger partial charge in [0.05, 0.1) is 16.7 Å². The van der Waals surface area contributed by atoms with Crippen molar-refractivity contribution in [1.82, 2.24) is 0 Å². The van der Waals surface area contributed by atoms with Crippen LogP contribution in [-0.4, -0.2) is 16.3 Å². The molecule has 0 N–H and O–H groups in total. The first-order chi connectivity index (χ1) is 12.5. The molecule has 1 atom stereocenters. The molecule has 0 aromatic heterocycles. The average Bonchev–Trinajstić information content (AvgIpc) is 2.90. The third-order valence-electron chi connectivity index (χ3n) is 4.14. The number of hydrogen-bond donors (Lipinski definition) is 0. The molecule has 1 heterocycles. The van der Waals surface area contributed by atoms with Crippen molar-refractivity contribution in [2.24, 2.45) is 0 Å². The first kappa shape index (κ1) is 18.7. The molecule has 0 unspecified atom stereocenters. The zero-order chi connectivity index (χ0) is 18.7. The van der Waals surface area contributed by atoms with Crippen LogP contribution in [0.25, 0.3) is 6.08 Å². The van der Waals surface area contributed by atoms with E-state index < -0.39 is 0 Å². The quantitative estimate of drug-likeness (QED) is 0.498. The number of amides is 1. The summed E-state index contributed by atoms with van der Waals surface area (Å²) in [7, 11) is 0. The molecule has 0 saturated carbocycles. The van der Waals surface area contributed by atoms with E-state index in [-0.39, 0.29) is 12.0 Å². The van der Waals surface area contributed by atoms with Gasteiger partial charge < -0.3 is 4.74 Å². The van der Waals surface area contributed by atoms with E-state index in [9.17, 15) is 4.79 Å². The Balaban J connectivity index is 1.79. The molecule has 1 saturated heterocycles. The molecule has 1 fully saturated rings. The van der Waals surface area contributed by atoms with E-state index in [2.05, 4.69) is 6.92 Å². The number of benzene rings is 2. The SMILES string of the molecule is CC[C@H](C)Oc1ccc(/C=C2/SC(=S)N(c3cccc(C)c3)C2=O)cc1. The lowest BCUT2D eigenvalue weighted by Crippen LogP contribution is -2.27. The van der Waals surface area contributed by atoms with E-state index in [1.54, 1.807) is 4.90 Å². The van der Waals surface area contributed by atoms with Crippen LogP contribution in [0, 0.1) is 6.92 Å². The molecule has 0 bridgehead atoms. The van der Waals surface area contributed by atoms with Crippen LogP contribution in [0.3, 0.4) is 0 Å². The van der Waals surface area contributed by atoms with Crippen LogP contribution < -0.4 is 9.64 Å². The van der Waals surface area contributed by atoms with Crippen LogP contribution in [-0.2, 0) is 4.79 Å². The van der Waals surface area contributed by atoms with Gasteiger partial charge in [0, 0.05) is 0 Å². The highest BCUT2D eigenvalue weighted by Crippen LogP contribution is 2.36. The van der Waals surface area contributed by atoms with Crippen LogP contribution >= 0.6 is 24.0 Å². The van der Waals surface area contributed by atoms with Gasteiger partial charge in [-0.15, -0.1) is 0 Å². The molecule has 1 amide bonds. The monoisotopic (exact) mass is 383 g/mol. The fourth-order valence-electron chi connectivity index (χ4n) is 2.57. The topological polar surface area (TPSA) is 29.5 Å². The molecule has 1 aliphatic rings. The second-order valence-electron chi connectivity index (χ2n) is 6.26. The summed E-state index contributed by atoms with van der Waals surface area (Å²) in [4.78, 5) is 15.0. The Bertz CT molecular complexity index is 859.